The molecule has 0 spiro atoms. The van der Waals surface area contributed by atoms with Gasteiger partial charge in [0.25, 0.3) is 0 Å². The van der Waals surface area contributed by atoms with Gasteiger partial charge in [0.2, 0.25) is 0 Å². The number of hydrogen-bond donors (Lipinski definition) is 1. The van der Waals surface area contributed by atoms with E-state index in [9.17, 15) is 0 Å². The second-order valence-corrected chi connectivity index (χ2v) is 5.58. The Kier molecular flexibility index (Phi) is 4.29. The molecule has 2 atom stereocenters. The first-order valence-electron chi connectivity index (χ1n) is 6.12. The molecule has 90 valence electrons. The molecule has 4 heteroatoms. The number of nitrogens with one attached hydrogen (secondary N) is 1. The van der Waals surface area contributed by atoms with E-state index in [2.05, 4.69) is 35.2 Å². The van der Waals surface area contributed by atoms with Crippen LogP contribution >= 0.6 is 11.8 Å². The molecule has 1 aromatic rings. The summed E-state index contributed by atoms with van der Waals surface area (Å²) in [6, 6.07) is 2.64. The summed E-state index contributed by atoms with van der Waals surface area (Å²) in [5, 5.41) is 7.97. The van der Waals surface area contributed by atoms with Crippen LogP contribution in [0.1, 0.15) is 31.5 Å². The largest absolute Gasteiger partial charge is 0.308 e. The zero-order valence-electron chi connectivity index (χ0n) is 10.1. The maximum atomic E-state index is 4.29. The standard InChI is InChI=1S/C12H21N3S/c1-3-6-13-12(10-5-8-16-9-10)11-4-7-14-15(11)2/h4,7,10,12-13H,3,5-6,8-9H2,1-2H3. The molecule has 1 N–H and O–H groups in total. The van der Waals surface area contributed by atoms with Crippen LogP contribution in [0.15, 0.2) is 12.3 Å². The van der Waals surface area contributed by atoms with Crippen molar-refractivity contribution in [2.75, 3.05) is 18.1 Å². The monoisotopic (exact) mass is 239 g/mol. The molecule has 0 radical (unpaired) electrons. The zero-order valence-corrected chi connectivity index (χ0v) is 11.0. The van der Waals surface area contributed by atoms with Crippen LogP contribution in [-0.4, -0.2) is 27.8 Å². The normalized spacial score (nSPS) is 22.5. The van der Waals surface area contributed by atoms with Gasteiger partial charge in [-0.15, -0.1) is 0 Å². The maximum Gasteiger partial charge on any atom is 0.0553 e. The van der Waals surface area contributed by atoms with E-state index < -0.39 is 0 Å². The lowest BCUT2D eigenvalue weighted by Gasteiger charge is -2.24. The molecular weight excluding hydrogens is 218 g/mol. The second kappa shape index (κ2) is 5.73. The highest BCUT2D eigenvalue weighted by molar-refractivity contribution is 7.99. The first-order chi connectivity index (χ1) is 7.83. The molecule has 2 rings (SSSR count). The number of hydrogen-bond acceptors (Lipinski definition) is 3. The molecule has 16 heavy (non-hydrogen) atoms. The van der Waals surface area contributed by atoms with Gasteiger partial charge in [0, 0.05) is 13.2 Å². The highest BCUT2D eigenvalue weighted by Crippen LogP contribution is 2.33. The topological polar surface area (TPSA) is 29.9 Å². The predicted octanol–water partition coefficient (Wildman–Crippen LogP) is 2.21. The van der Waals surface area contributed by atoms with Gasteiger partial charge in [-0.2, -0.15) is 16.9 Å². The minimum atomic E-state index is 0.488. The third-order valence-electron chi connectivity index (χ3n) is 3.23. The van der Waals surface area contributed by atoms with Crippen molar-refractivity contribution in [2.45, 2.75) is 25.8 Å². The van der Waals surface area contributed by atoms with Gasteiger partial charge in [0.05, 0.1) is 11.7 Å². The van der Waals surface area contributed by atoms with Gasteiger partial charge < -0.3 is 5.32 Å². The lowest BCUT2D eigenvalue weighted by molar-refractivity contribution is 0.374. The second-order valence-electron chi connectivity index (χ2n) is 4.44. The summed E-state index contributed by atoms with van der Waals surface area (Å²) in [4.78, 5) is 0. The number of nitrogens with zero attached hydrogens (tertiary/aromatic N) is 2. The molecule has 1 aromatic heterocycles. The maximum absolute atomic E-state index is 4.29. The molecule has 0 amide bonds. The van der Waals surface area contributed by atoms with Gasteiger partial charge in [-0.25, -0.2) is 0 Å². The summed E-state index contributed by atoms with van der Waals surface area (Å²) < 4.78 is 2.01. The third kappa shape index (κ3) is 2.61. The third-order valence-corrected chi connectivity index (χ3v) is 4.42. The van der Waals surface area contributed by atoms with Crippen LogP contribution in [0.25, 0.3) is 0 Å². The summed E-state index contributed by atoms with van der Waals surface area (Å²) in [6.07, 6.45) is 4.42. The van der Waals surface area contributed by atoms with Crippen molar-refractivity contribution >= 4 is 11.8 Å². The summed E-state index contributed by atoms with van der Waals surface area (Å²) in [5.74, 6) is 3.37. The summed E-state index contributed by atoms with van der Waals surface area (Å²) in [6.45, 7) is 3.31. The van der Waals surface area contributed by atoms with Gasteiger partial charge >= 0.3 is 0 Å². The van der Waals surface area contributed by atoms with Gasteiger partial charge in [0.15, 0.2) is 0 Å². The van der Waals surface area contributed by atoms with E-state index in [0.29, 0.717) is 6.04 Å². The van der Waals surface area contributed by atoms with Crippen LogP contribution in [0.3, 0.4) is 0 Å². The lowest BCUT2D eigenvalue weighted by atomic mass is 9.96. The number of aromatic nitrogens is 2. The van der Waals surface area contributed by atoms with E-state index in [0.717, 1.165) is 12.5 Å². The first-order valence-corrected chi connectivity index (χ1v) is 7.27. The fraction of sp³-hybridized carbons (Fsp3) is 0.750. The van der Waals surface area contributed by atoms with E-state index in [-0.39, 0.29) is 0 Å². The van der Waals surface area contributed by atoms with Crippen LogP contribution in [0, 0.1) is 5.92 Å². The van der Waals surface area contributed by atoms with Gasteiger partial charge in [-0.3, -0.25) is 4.68 Å². The van der Waals surface area contributed by atoms with Crippen molar-refractivity contribution in [2.24, 2.45) is 13.0 Å². The molecule has 0 bridgehead atoms. The average Bonchev–Trinajstić information content (AvgIpc) is 2.91. The van der Waals surface area contributed by atoms with Crippen LogP contribution in [0.5, 0.6) is 0 Å². The highest BCUT2D eigenvalue weighted by Gasteiger charge is 2.27. The number of thioether (sulfide) groups is 1. The lowest BCUT2D eigenvalue weighted by Crippen LogP contribution is -2.30. The van der Waals surface area contributed by atoms with E-state index in [1.807, 2.05) is 17.9 Å². The van der Waals surface area contributed by atoms with Crippen molar-refractivity contribution < 1.29 is 0 Å². The van der Waals surface area contributed by atoms with Crippen molar-refractivity contribution in [3.8, 4) is 0 Å². The van der Waals surface area contributed by atoms with Crippen LogP contribution < -0.4 is 5.32 Å². The SMILES string of the molecule is CCCNC(c1ccnn1C)C1CCSC1. The average molecular weight is 239 g/mol. The van der Waals surface area contributed by atoms with Crippen LogP contribution in [0.2, 0.25) is 0 Å². The van der Waals surface area contributed by atoms with Crippen molar-refractivity contribution in [1.29, 1.82) is 0 Å². The molecule has 3 nitrogen and oxygen atoms in total. The molecule has 1 aliphatic rings. The van der Waals surface area contributed by atoms with Crippen molar-refractivity contribution in [1.82, 2.24) is 15.1 Å². The molecule has 1 saturated heterocycles. The van der Waals surface area contributed by atoms with Crippen LogP contribution in [0.4, 0.5) is 0 Å². The molecule has 0 aromatic carbocycles. The first kappa shape index (κ1) is 12.0. The van der Waals surface area contributed by atoms with E-state index >= 15 is 0 Å². The molecule has 1 aliphatic heterocycles. The minimum Gasteiger partial charge on any atom is -0.308 e. The molecular formula is C12H21N3S. The Balaban J connectivity index is 2.10. The number of aryl methyl sites for hydroxylation is 1. The quantitative estimate of drug-likeness (QED) is 0.854. The Hall–Kier alpha value is -0.480. The Labute approximate surface area is 102 Å². The summed E-state index contributed by atoms with van der Waals surface area (Å²) in [5.41, 5.74) is 1.33. The van der Waals surface area contributed by atoms with E-state index in [4.69, 9.17) is 0 Å². The fourth-order valence-corrected chi connectivity index (χ4v) is 3.62. The minimum absolute atomic E-state index is 0.488. The van der Waals surface area contributed by atoms with Gasteiger partial charge in [-0.05, 0) is 42.9 Å². The fourth-order valence-electron chi connectivity index (χ4n) is 2.32. The number of rotatable bonds is 5. The Morgan fingerprint density at radius 3 is 3.12 bits per heavy atom. The van der Waals surface area contributed by atoms with E-state index in [1.165, 1.54) is 30.0 Å². The summed E-state index contributed by atoms with van der Waals surface area (Å²) in [7, 11) is 2.04. The zero-order chi connectivity index (χ0) is 11.4. The molecule has 2 unspecified atom stereocenters. The summed E-state index contributed by atoms with van der Waals surface area (Å²) >= 11 is 2.08. The Morgan fingerprint density at radius 2 is 2.56 bits per heavy atom. The molecule has 2 heterocycles. The molecule has 0 saturated carbocycles. The van der Waals surface area contributed by atoms with Crippen molar-refractivity contribution in [3.05, 3.63) is 18.0 Å². The smallest absolute Gasteiger partial charge is 0.0553 e. The Morgan fingerprint density at radius 1 is 1.69 bits per heavy atom. The Bertz CT molecular complexity index is 318. The van der Waals surface area contributed by atoms with Gasteiger partial charge in [-0.1, -0.05) is 6.92 Å². The predicted molar refractivity (Wildman–Crippen MR) is 69.7 cm³/mol. The highest BCUT2D eigenvalue weighted by atomic mass is 32.2. The van der Waals surface area contributed by atoms with E-state index in [1.54, 1.807) is 0 Å². The van der Waals surface area contributed by atoms with Gasteiger partial charge in [0.1, 0.15) is 0 Å². The van der Waals surface area contributed by atoms with Crippen LogP contribution in [-0.2, 0) is 7.05 Å². The molecule has 0 aliphatic carbocycles. The molecule has 1 fully saturated rings. The van der Waals surface area contributed by atoms with Crippen molar-refractivity contribution in [3.63, 3.8) is 0 Å².